The molecule has 0 aliphatic carbocycles. The minimum atomic E-state index is -0.618. The lowest BCUT2D eigenvalue weighted by Crippen LogP contribution is -2.36. The van der Waals surface area contributed by atoms with E-state index < -0.39 is 35.4 Å². The van der Waals surface area contributed by atoms with Gasteiger partial charge in [0.2, 0.25) is 11.7 Å². The molecule has 38 heavy (non-hydrogen) atoms. The molecule has 0 atom stereocenters. The Hall–Kier alpha value is -4.58. The Morgan fingerprint density at radius 2 is 1.82 bits per heavy atom. The number of benzene rings is 2. The Kier molecular flexibility index (Phi) is 8.12. The third kappa shape index (κ3) is 6.21. The van der Waals surface area contributed by atoms with Gasteiger partial charge in [-0.15, -0.1) is 0 Å². The van der Waals surface area contributed by atoms with Gasteiger partial charge in [-0.2, -0.15) is 0 Å². The summed E-state index contributed by atoms with van der Waals surface area (Å²) < 4.78 is 34.1. The van der Waals surface area contributed by atoms with Crippen LogP contribution < -0.4 is 14.8 Å². The fourth-order valence-corrected chi connectivity index (χ4v) is 4.21. The molecule has 0 unspecified atom stereocenters. The number of amides is 3. The summed E-state index contributed by atoms with van der Waals surface area (Å²) in [7, 11) is 2.70. The van der Waals surface area contributed by atoms with Crippen LogP contribution in [0.25, 0.3) is 6.08 Å². The van der Waals surface area contributed by atoms with Crippen LogP contribution in [0.4, 0.5) is 14.9 Å². The maximum Gasteiger partial charge on any atom is 0.373 e. The molecule has 1 aliphatic rings. The number of ether oxygens (including phenoxy) is 3. The van der Waals surface area contributed by atoms with Crippen molar-refractivity contribution in [3.8, 4) is 11.5 Å². The van der Waals surface area contributed by atoms with Crippen LogP contribution in [0.3, 0.4) is 0 Å². The van der Waals surface area contributed by atoms with Gasteiger partial charge in [0.1, 0.15) is 24.7 Å². The standard InChI is InChI=1S/C26H21FN2O8S/c1-34-21-11-15(3-9-19(21)36-14-18-8-10-20(37-18)25(32)35-2)12-22-24(31)29(26(33)38-22)13-23(30)28-17-6-4-16(27)5-7-17/h3-12H,13-14H2,1-2H3,(H,28,30)/b22-12+. The van der Waals surface area contributed by atoms with Crippen molar-refractivity contribution in [2.45, 2.75) is 6.61 Å². The molecule has 12 heteroatoms. The number of hydrogen-bond donors (Lipinski definition) is 1. The van der Waals surface area contributed by atoms with E-state index in [4.69, 9.17) is 13.9 Å². The molecule has 2 heterocycles. The highest BCUT2D eigenvalue weighted by molar-refractivity contribution is 8.18. The molecule has 0 bridgehead atoms. The summed E-state index contributed by atoms with van der Waals surface area (Å²) >= 11 is 0.705. The Bertz CT molecular complexity index is 1420. The van der Waals surface area contributed by atoms with Crippen molar-refractivity contribution >= 4 is 46.5 Å². The first-order valence-electron chi connectivity index (χ1n) is 11.1. The molecule has 0 radical (unpaired) electrons. The number of halogens is 1. The Morgan fingerprint density at radius 3 is 2.53 bits per heavy atom. The number of furan rings is 1. The van der Waals surface area contributed by atoms with Gasteiger partial charge in [-0.1, -0.05) is 6.07 Å². The predicted molar refractivity (Wildman–Crippen MR) is 135 cm³/mol. The molecule has 3 aromatic rings. The topological polar surface area (TPSA) is 124 Å². The lowest BCUT2D eigenvalue weighted by Gasteiger charge is -2.12. The number of nitrogens with zero attached hydrogens (tertiary/aromatic N) is 1. The molecule has 196 valence electrons. The molecule has 1 fully saturated rings. The highest BCUT2D eigenvalue weighted by Crippen LogP contribution is 2.35. The number of hydrogen-bond acceptors (Lipinski definition) is 9. The fraction of sp³-hybridized carbons (Fsp3) is 0.154. The van der Waals surface area contributed by atoms with Gasteiger partial charge < -0.3 is 23.9 Å². The third-order valence-corrected chi connectivity index (χ3v) is 6.11. The van der Waals surface area contributed by atoms with E-state index in [0.29, 0.717) is 40.3 Å². The van der Waals surface area contributed by atoms with Crippen LogP contribution in [0, 0.1) is 5.82 Å². The summed E-state index contributed by atoms with van der Waals surface area (Å²) in [6.07, 6.45) is 1.50. The highest BCUT2D eigenvalue weighted by Gasteiger charge is 2.36. The second-order valence-corrected chi connectivity index (χ2v) is 8.77. The maximum absolute atomic E-state index is 13.0. The molecule has 0 spiro atoms. The Balaban J connectivity index is 1.40. The molecule has 2 aromatic carbocycles. The van der Waals surface area contributed by atoms with E-state index >= 15 is 0 Å². The first-order valence-corrected chi connectivity index (χ1v) is 11.9. The normalized spacial score (nSPS) is 14.1. The second kappa shape index (κ2) is 11.6. The van der Waals surface area contributed by atoms with Crippen LogP contribution in [-0.4, -0.2) is 48.7 Å². The SMILES string of the molecule is COC(=O)c1ccc(COc2ccc(/C=C3/SC(=O)N(CC(=O)Nc4ccc(F)cc4)C3=O)cc2OC)o1. The van der Waals surface area contributed by atoms with Crippen LogP contribution in [0.15, 0.2) is 63.9 Å². The minimum Gasteiger partial charge on any atom is -0.493 e. The third-order valence-electron chi connectivity index (χ3n) is 5.21. The molecule has 4 rings (SSSR count). The van der Waals surface area contributed by atoms with E-state index in [-0.39, 0.29) is 17.3 Å². The van der Waals surface area contributed by atoms with Gasteiger partial charge in [0.25, 0.3) is 11.1 Å². The van der Waals surface area contributed by atoms with Gasteiger partial charge in [0.05, 0.1) is 19.1 Å². The number of carbonyl (C=O) groups is 4. The van der Waals surface area contributed by atoms with Crippen molar-refractivity contribution < 1.29 is 42.2 Å². The predicted octanol–water partition coefficient (Wildman–Crippen LogP) is 4.47. The zero-order chi connectivity index (χ0) is 27.2. The van der Waals surface area contributed by atoms with Crippen LogP contribution in [0.1, 0.15) is 21.9 Å². The molecule has 1 aromatic heterocycles. The van der Waals surface area contributed by atoms with Crippen LogP contribution in [0.5, 0.6) is 11.5 Å². The van der Waals surface area contributed by atoms with Gasteiger partial charge in [-0.25, -0.2) is 9.18 Å². The molecule has 10 nitrogen and oxygen atoms in total. The molecule has 3 amide bonds. The molecule has 1 saturated heterocycles. The Morgan fingerprint density at radius 1 is 1.05 bits per heavy atom. The highest BCUT2D eigenvalue weighted by atomic mass is 32.2. The number of imide groups is 1. The summed E-state index contributed by atoms with van der Waals surface area (Å²) in [5.74, 6) is -1.09. The zero-order valence-electron chi connectivity index (χ0n) is 20.2. The van der Waals surface area contributed by atoms with Crippen LogP contribution in [0.2, 0.25) is 0 Å². The summed E-state index contributed by atoms with van der Waals surface area (Å²) in [6.45, 7) is -0.467. The van der Waals surface area contributed by atoms with Crippen molar-refractivity contribution in [1.82, 2.24) is 4.90 Å². The van der Waals surface area contributed by atoms with E-state index in [0.717, 1.165) is 4.90 Å². The molecule has 0 saturated carbocycles. The number of carbonyl (C=O) groups excluding carboxylic acids is 4. The molecular weight excluding hydrogens is 519 g/mol. The number of thioether (sulfide) groups is 1. The van der Waals surface area contributed by atoms with E-state index in [1.807, 2.05) is 0 Å². The molecule has 1 N–H and O–H groups in total. The summed E-state index contributed by atoms with van der Waals surface area (Å²) in [6, 6.07) is 13.1. The van der Waals surface area contributed by atoms with Crippen molar-refractivity contribution in [3.63, 3.8) is 0 Å². The second-order valence-electron chi connectivity index (χ2n) is 7.78. The van der Waals surface area contributed by atoms with Crippen molar-refractivity contribution in [3.05, 3.63) is 82.4 Å². The quantitative estimate of drug-likeness (QED) is 0.309. The number of methoxy groups -OCH3 is 2. The first-order chi connectivity index (χ1) is 18.3. The zero-order valence-corrected chi connectivity index (χ0v) is 21.0. The maximum atomic E-state index is 13.0. The lowest BCUT2D eigenvalue weighted by molar-refractivity contribution is -0.127. The monoisotopic (exact) mass is 540 g/mol. The smallest absolute Gasteiger partial charge is 0.373 e. The van der Waals surface area contributed by atoms with Gasteiger partial charge in [0.15, 0.2) is 11.5 Å². The number of rotatable bonds is 9. The van der Waals surface area contributed by atoms with E-state index in [2.05, 4.69) is 10.1 Å². The summed E-state index contributed by atoms with van der Waals surface area (Å²) in [5, 5.41) is 1.93. The van der Waals surface area contributed by atoms with Crippen LogP contribution >= 0.6 is 11.8 Å². The average molecular weight is 541 g/mol. The van der Waals surface area contributed by atoms with Gasteiger partial charge in [-0.3, -0.25) is 19.3 Å². The van der Waals surface area contributed by atoms with Gasteiger partial charge in [-0.05, 0) is 71.9 Å². The van der Waals surface area contributed by atoms with E-state index in [1.165, 1.54) is 50.6 Å². The average Bonchev–Trinajstić information content (AvgIpc) is 3.49. The van der Waals surface area contributed by atoms with E-state index in [1.54, 1.807) is 24.3 Å². The van der Waals surface area contributed by atoms with Crippen molar-refractivity contribution in [2.24, 2.45) is 0 Å². The number of anilines is 1. The summed E-state index contributed by atoms with van der Waals surface area (Å²) in [5.41, 5.74) is 0.894. The first kappa shape index (κ1) is 26.5. The number of esters is 1. The molecule has 1 aliphatic heterocycles. The summed E-state index contributed by atoms with van der Waals surface area (Å²) in [4.78, 5) is 50.0. The van der Waals surface area contributed by atoms with Gasteiger partial charge >= 0.3 is 5.97 Å². The van der Waals surface area contributed by atoms with Crippen molar-refractivity contribution in [1.29, 1.82) is 0 Å². The van der Waals surface area contributed by atoms with Crippen molar-refractivity contribution in [2.75, 3.05) is 26.1 Å². The largest absolute Gasteiger partial charge is 0.493 e. The molecular formula is C26H21FN2O8S. The minimum absolute atomic E-state index is 0.0194. The number of nitrogens with one attached hydrogen (secondary N) is 1. The Labute approximate surface area is 220 Å². The van der Waals surface area contributed by atoms with E-state index in [9.17, 15) is 23.6 Å². The fourth-order valence-electron chi connectivity index (χ4n) is 3.37. The lowest BCUT2D eigenvalue weighted by atomic mass is 10.2. The van der Waals surface area contributed by atoms with Crippen LogP contribution in [-0.2, 0) is 20.9 Å². The van der Waals surface area contributed by atoms with Gasteiger partial charge in [0, 0.05) is 5.69 Å².